The van der Waals surface area contributed by atoms with Crippen LogP contribution in [0.2, 0.25) is 5.02 Å². The Kier molecular flexibility index (Phi) is 2.77. The molecule has 80 valence electrons. The second kappa shape index (κ2) is 4.06. The molecule has 5 heteroatoms. The number of nitro groups is 1. The summed E-state index contributed by atoms with van der Waals surface area (Å²) in [6, 6.07) is 4.43. The molecule has 0 unspecified atom stereocenters. The van der Waals surface area contributed by atoms with Gasteiger partial charge >= 0.3 is 0 Å². The van der Waals surface area contributed by atoms with Gasteiger partial charge in [-0.05, 0) is 24.8 Å². The Labute approximate surface area is 92.0 Å². The standard InChI is InChI=1S/C10H10ClNO3/c11-9-5-8(15-6-7-1-2-7)3-4-10(9)12(13)14/h3-5,7H,1-2,6H2. The van der Waals surface area contributed by atoms with Gasteiger partial charge in [0.1, 0.15) is 10.8 Å². The highest BCUT2D eigenvalue weighted by Gasteiger charge is 2.22. The van der Waals surface area contributed by atoms with Gasteiger partial charge in [0, 0.05) is 12.1 Å². The van der Waals surface area contributed by atoms with Crippen molar-refractivity contribution in [2.24, 2.45) is 5.92 Å². The average molecular weight is 228 g/mol. The molecule has 0 bridgehead atoms. The Morgan fingerprint density at radius 1 is 1.53 bits per heavy atom. The second-order valence-corrected chi connectivity index (χ2v) is 4.03. The van der Waals surface area contributed by atoms with Crippen molar-refractivity contribution in [2.45, 2.75) is 12.8 Å². The quantitative estimate of drug-likeness (QED) is 0.587. The fourth-order valence-corrected chi connectivity index (χ4v) is 1.46. The van der Waals surface area contributed by atoms with Gasteiger partial charge in [-0.25, -0.2) is 0 Å². The predicted octanol–water partition coefficient (Wildman–Crippen LogP) is 3.04. The Bertz CT molecular complexity index is 390. The van der Waals surface area contributed by atoms with Crippen LogP contribution < -0.4 is 4.74 Å². The van der Waals surface area contributed by atoms with E-state index in [2.05, 4.69) is 0 Å². The summed E-state index contributed by atoms with van der Waals surface area (Å²) in [5.74, 6) is 1.25. The van der Waals surface area contributed by atoms with Crippen LogP contribution >= 0.6 is 11.6 Å². The zero-order chi connectivity index (χ0) is 10.8. The van der Waals surface area contributed by atoms with E-state index in [1.54, 1.807) is 6.07 Å². The number of benzene rings is 1. The average Bonchev–Trinajstić information content (AvgIpc) is 2.97. The Morgan fingerprint density at radius 2 is 2.27 bits per heavy atom. The maximum Gasteiger partial charge on any atom is 0.288 e. The first-order valence-electron chi connectivity index (χ1n) is 4.73. The van der Waals surface area contributed by atoms with Crippen molar-refractivity contribution < 1.29 is 9.66 Å². The van der Waals surface area contributed by atoms with Crippen molar-refractivity contribution in [3.63, 3.8) is 0 Å². The molecular formula is C10H10ClNO3. The van der Waals surface area contributed by atoms with Crippen LogP contribution in [0.5, 0.6) is 5.75 Å². The third-order valence-electron chi connectivity index (χ3n) is 2.30. The van der Waals surface area contributed by atoms with Crippen molar-refractivity contribution in [3.05, 3.63) is 33.3 Å². The SMILES string of the molecule is O=[N+]([O-])c1ccc(OCC2CC2)cc1Cl. The lowest BCUT2D eigenvalue weighted by atomic mass is 10.3. The van der Waals surface area contributed by atoms with Gasteiger partial charge in [0.05, 0.1) is 11.5 Å². The lowest BCUT2D eigenvalue weighted by Crippen LogP contribution is -1.99. The van der Waals surface area contributed by atoms with Gasteiger partial charge in [0.25, 0.3) is 5.69 Å². The molecule has 0 radical (unpaired) electrons. The third kappa shape index (κ3) is 2.59. The van der Waals surface area contributed by atoms with Gasteiger partial charge < -0.3 is 4.74 Å². The summed E-state index contributed by atoms with van der Waals surface area (Å²) in [4.78, 5) is 9.98. The lowest BCUT2D eigenvalue weighted by molar-refractivity contribution is -0.384. The van der Waals surface area contributed by atoms with Crippen molar-refractivity contribution in [3.8, 4) is 5.75 Å². The van der Waals surface area contributed by atoms with Crippen LogP contribution in [0.3, 0.4) is 0 Å². The van der Waals surface area contributed by atoms with Crippen LogP contribution in [0.4, 0.5) is 5.69 Å². The maximum atomic E-state index is 10.5. The highest BCUT2D eigenvalue weighted by molar-refractivity contribution is 6.32. The zero-order valence-electron chi connectivity index (χ0n) is 7.98. The first-order chi connectivity index (χ1) is 7.16. The number of hydrogen-bond donors (Lipinski definition) is 0. The van der Waals surface area contributed by atoms with E-state index in [-0.39, 0.29) is 10.7 Å². The number of nitro benzene ring substituents is 1. The molecule has 1 saturated carbocycles. The summed E-state index contributed by atoms with van der Waals surface area (Å²) in [5, 5.41) is 10.6. The molecule has 0 saturated heterocycles. The van der Waals surface area contributed by atoms with Crippen LogP contribution in [0, 0.1) is 16.0 Å². The second-order valence-electron chi connectivity index (χ2n) is 3.62. The van der Waals surface area contributed by atoms with Crippen molar-refractivity contribution >= 4 is 17.3 Å². The molecule has 1 aliphatic carbocycles. The number of halogens is 1. The highest BCUT2D eigenvalue weighted by Crippen LogP contribution is 2.32. The number of ether oxygens (including phenoxy) is 1. The van der Waals surface area contributed by atoms with Gasteiger partial charge in [-0.1, -0.05) is 11.6 Å². The van der Waals surface area contributed by atoms with Gasteiger partial charge in [-0.3, -0.25) is 10.1 Å². The molecule has 1 aromatic carbocycles. The predicted molar refractivity (Wildman–Crippen MR) is 56.3 cm³/mol. The van der Waals surface area contributed by atoms with E-state index in [9.17, 15) is 10.1 Å². The molecule has 0 aromatic heterocycles. The maximum absolute atomic E-state index is 10.5. The molecule has 0 heterocycles. The molecule has 0 spiro atoms. The summed E-state index contributed by atoms with van der Waals surface area (Å²) >= 11 is 5.73. The van der Waals surface area contributed by atoms with Gasteiger partial charge in [-0.2, -0.15) is 0 Å². The van der Waals surface area contributed by atoms with E-state index in [0.717, 1.165) is 0 Å². The number of nitrogens with zero attached hydrogens (tertiary/aromatic N) is 1. The summed E-state index contributed by atoms with van der Waals surface area (Å²) < 4.78 is 5.44. The summed E-state index contributed by atoms with van der Waals surface area (Å²) in [7, 11) is 0. The van der Waals surface area contributed by atoms with E-state index in [0.29, 0.717) is 18.3 Å². The largest absolute Gasteiger partial charge is 0.493 e. The Balaban J connectivity index is 2.06. The third-order valence-corrected chi connectivity index (χ3v) is 2.60. The van der Waals surface area contributed by atoms with Gasteiger partial charge in [0.2, 0.25) is 0 Å². The molecule has 1 aromatic rings. The minimum atomic E-state index is -0.507. The number of hydrogen-bond acceptors (Lipinski definition) is 3. The van der Waals surface area contributed by atoms with E-state index in [1.807, 2.05) is 0 Å². The van der Waals surface area contributed by atoms with Crippen molar-refractivity contribution in [2.75, 3.05) is 6.61 Å². The zero-order valence-corrected chi connectivity index (χ0v) is 8.74. The molecular weight excluding hydrogens is 218 g/mol. The minimum Gasteiger partial charge on any atom is -0.493 e. The minimum absolute atomic E-state index is 0.0876. The molecule has 1 fully saturated rings. The molecule has 4 nitrogen and oxygen atoms in total. The van der Waals surface area contributed by atoms with E-state index in [1.165, 1.54) is 25.0 Å². The molecule has 0 amide bonds. The van der Waals surface area contributed by atoms with E-state index >= 15 is 0 Å². The normalized spacial score (nSPS) is 15.0. The monoisotopic (exact) mass is 227 g/mol. The van der Waals surface area contributed by atoms with Crippen LogP contribution in [0.15, 0.2) is 18.2 Å². The van der Waals surface area contributed by atoms with Gasteiger partial charge in [0.15, 0.2) is 0 Å². The fraction of sp³-hybridized carbons (Fsp3) is 0.400. The van der Waals surface area contributed by atoms with Gasteiger partial charge in [-0.15, -0.1) is 0 Å². The topological polar surface area (TPSA) is 52.4 Å². The van der Waals surface area contributed by atoms with E-state index < -0.39 is 4.92 Å². The highest BCUT2D eigenvalue weighted by atomic mass is 35.5. The smallest absolute Gasteiger partial charge is 0.288 e. The van der Waals surface area contributed by atoms with Crippen LogP contribution in [-0.2, 0) is 0 Å². The molecule has 0 atom stereocenters. The van der Waals surface area contributed by atoms with Crippen LogP contribution in [-0.4, -0.2) is 11.5 Å². The molecule has 0 N–H and O–H groups in total. The van der Waals surface area contributed by atoms with Crippen LogP contribution in [0.25, 0.3) is 0 Å². The first-order valence-corrected chi connectivity index (χ1v) is 5.11. The van der Waals surface area contributed by atoms with Crippen molar-refractivity contribution in [1.29, 1.82) is 0 Å². The summed E-state index contributed by atoms with van der Waals surface area (Å²) in [5.41, 5.74) is -0.0876. The Morgan fingerprint density at radius 3 is 2.80 bits per heavy atom. The van der Waals surface area contributed by atoms with E-state index in [4.69, 9.17) is 16.3 Å². The molecule has 0 aliphatic heterocycles. The Hall–Kier alpha value is -1.29. The lowest BCUT2D eigenvalue weighted by Gasteiger charge is -2.04. The first kappa shape index (κ1) is 10.2. The number of rotatable bonds is 4. The molecule has 1 aliphatic rings. The fourth-order valence-electron chi connectivity index (χ4n) is 1.22. The molecule has 2 rings (SSSR count). The summed E-state index contributed by atoms with van der Waals surface area (Å²) in [6.45, 7) is 0.675. The summed E-state index contributed by atoms with van der Waals surface area (Å²) in [6.07, 6.45) is 2.42. The van der Waals surface area contributed by atoms with Crippen molar-refractivity contribution in [1.82, 2.24) is 0 Å². The molecule has 15 heavy (non-hydrogen) atoms. The van der Waals surface area contributed by atoms with Crippen LogP contribution in [0.1, 0.15) is 12.8 Å².